The standard InChI is InChI=1S/C15H16N2O2/c1-11-5-4-7-13(17-11)10-16-9-12-6-2-3-8-14(12)15(18)19/h2-8,16H,9-10H2,1H3,(H,18,19). The van der Waals surface area contributed by atoms with Gasteiger partial charge in [-0.1, -0.05) is 24.3 Å². The summed E-state index contributed by atoms with van der Waals surface area (Å²) in [6.07, 6.45) is 0. The fraction of sp³-hybridized carbons (Fsp3) is 0.200. The van der Waals surface area contributed by atoms with Crippen LogP contribution in [0.2, 0.25) is 0 Å². The number of carboxylic acid groups (broad SMARTS) is 1. The highest BCUT2D eigenvalue weighted by molar-refractivity contribution is 5.89. The van der Waals surface area contributed by atoms with Gasteiger partial charge in [-0.2, -0.15) is 0 Å². The maximum absolute atomic E-state index is 11.1. The van der Waals surface area contributed by atoms with E-state index in [2.05, 4.69) is 10.3 Å². The molecule has 4 heteroatoms. The lowest BCUT2D eigenvalue weighted by molar-refractivity contribution is 0.0695. The van der Waals surface area contributed by atoms with Gasteiger partial charge in [0.05, 0.1) is 11.3 Å². The summed E-state index contributed by atoms with van der Waals surface area (Å²) in [4.78, 5) is 15.4. The molecule has 0 unspecified atom stereocenters. The van der Waals surface area contributed by atoms with Crippen LogP contribution >= 0.6 is 0 Å². The second-order valence-corrected chi connectivity index (χ2v) is 4.34. The molecular weight excluding hydrogens is 240 g/mol. The maximum Gasteiger partial charge on any atom is 0.336 e. The SMILES string of the molecule is Cc1cccc(CNCc2ccccc2C(=O)O)n1. The van der Waals surface area contributed by atoms with Gasteiger partial charge in [0, 0.05) is 18.8 Å². The van der Waals surface area contributed by atoms with Gasteiger partial charge in [0.1, 0.15) is 0 Å². The first-order chi connectivity index (χ1) is 9.16. The lowest BCUT2D eigenvalue weighted by Gasteiger charge is -2.07. The molecule has 1 aromatic carbocycles. The van der Waals surface area contributed by atoms with Gasteiger partial charge in [-0.05, 0) is 30.7 Å². The minimum atomic E-state index is -0.897. The minimum Gasteiger partial charge on any atom is -0.478 e. The van der Waals surface area contributed by atoms with Crippen molar-refractivity contribution in [2.24, 2.45) is 0 Å². The van der Waals surface area contributed by atoms with Crippen LogP contribution in [0.5, 0.6) is 0 Å². The van der Waals surface area contributed by atoms with Crippen molar-refractivity contribution in [3.63, 3.8) is 0 Å². The zero-order valence-corrected chi connectivity index (χ0v) is 10.8. The first-order valence-corrected chi connectivity index (χ1v) is 6.11. The van der Waals surface area contributed by atoms with E-state index in [1.807, 2.05) is 37.3 Å². The first-order valence-electron chi connectivity index (χ1n) is 6.11. The number of carboxylic acids is 1. The number of rotatable bonds is 5. The number of hydrogen-bond donors (Lipinski definition) is 2. The van der Waals surface area contributed by atoms with Crippen molar-refractivity contribution in [1.82, 2.24) is 10.3 Å². The lowest BCUT2D eigenvalue weighted by atomic mass is 10.1. The van der Waals surface area contributed by atoms with E-state index < -0.39 is 5.97 Å². The molecule has 19 heavy (non-hydrogen) atoms. The van der Waals surface area contributed by atoms with Gasteiger partial charge in [0.15, 0.2) is 0 Å². The van der Waals surface area contributed by atoms with Crippen LogP contribution in [0.25, 0.3) is 0 Å². The molecule has 0 saturated carbocycles. The van der Waals surface area contributed by atoms with Gasteiger partial charge < -0.3 is 10.4 Å². The molecule has 0 spiro atoms. The number of aryl methyl sites for hydroxylation is 1. The Kier molecular flexibility index (Phi) is 4.26. The Balaban J connectivity index is 1.98. The molecule has 0 aliphatic carbocycles. The number of pyridine rings is 1. The highest BCUT2D eigenvalue weighted by Crippen LogP contribution is 2.08. The summed E-state index contributed by atoms with van der Waals surface area (Å²) in [6, 6.07) is 12.9. The third-order valence-electron chi connectivity index (χ3n) is 2.82. The molecule has 0 aliphatic heterocycles. The van der Waals surface area contributed by atoms with E-state index in [0.29, 0.717) is 18.7 Å². The topological polar surface area (TPSA) is 62.2 Å². The summed E-state index contributed by atoms with van der Waals surface area (Å²) in [5.74, 6) is -0.897. The van der Waals surface area contributed by atoms with Gasteiger partial charge in [-0.25, -0.2) is 4.79 Å². The van der Waals surface area contributed by atoms with Crippen molar-refractivity contribution < 1.29 is 9.90 Å². The number of aromatic carboxylic acids is 1. The fourth-order valence-corrected chi connectivity index (χ4v) is 1.91. The predicted molar refractivity (Wildman–Crippen MR) is 72.9 cm³/mol. The molecule has 1 heterocycles. The summed E-state index contributed by atoms with van der Waals surface area (Å²) < 4.78 is 0. The normalized spacial score (nSPS) is 10.4. The highest BCUT2D eigenvalue weighted by atomic mass is 16.4. The molecule has 0 radical (unpaired) electrons. The molecule has 0 amide bonds. The zero-order valence-electron chi connectivity index (χ0n) is 10.8. The van der Waals surface area contributed by atoms with Gasteiger partial charge in [-0.3, -0.25) is 4.98 Å². The molecule has 0 bridgehead atoms. The molecule has 0 saturated heterocycles. The Hall–Kier alpha value is -2.20. The van der Waals surface area contributed by atoms with E-state index in [1.54, 1.807) is 12.1 Å². The number of benzene rings is 1. The maximum atomic E-state index is 11.1. The second-order valence-electron chi connectivity index (χ2n) is 4.34. The van der Waals surface area contributed by atoms with Crippen molar-refractivity contribution >= 4 is 5.97 Å². The van der Waals surface area contributed by atoms with E-state index in [4.69, 9.17) is 5.11 Å². The average molecular weight is 256 g/mol. The molecule has 4 nitrogen and oxygen atoms in total. The van der Waals surface area contributed by atoms with Crippen molar-refractivity contribution in [1.29, 1.82) is 0 Å². The van der Waals surface area contributed by atoms with E-state index in [-0.39, 0.29) is 0 Å². The Morgan fingerprint density at radius 1 is 1.16 bits per heavy atom. The number of nitrogens with zero attached hydrogens (tertiary/aromatic N) is 1. The molecular formula is C15H16N2O2. The molecule has 0 fully saturated rings. The first kappa shape index (κ1) is 13.2. The van der Waals surface area contributed by atoms with Crippen LogP contribution in [0.15, 0.2) is 42.5 Å². The quantitative estimate of drug-likeness (QED) is 0.862. The minimum absolute atomic E-state index is 0.340. The predicted octanol–water partition coefficient (Wildman–Crippen LogP) is 2.38. The zero-order chi connectivity index (χ0) is 13.7. The molecule has 0 aliphatic rings. The van der Waals surface area contributed by atoms with Crippen LogP contribution in [0.1, 0.15) is 27.3 Å². The summed E-state index contributed by atoms with van der Waals surface area (Å²) in [7, 11) is 0. The molecule has 98 valence electrons. The Morgan fingerprint density at radius 2 is 1.95 bits per heavy atom. The van der Waals surface area contributed by atoms with Crippen LogP contribution < -0.4 is 5.32 Å². The van der Waals surface area contributed by atoms with Crippen molar-refractivity contribution in [3.05, 3.63) is 65.0 Å². The molecule has 2 rings (SSSR count). The summed E-state index contributed by atoms with van der Waals surface area (Å²) >= 11 is 0. The molecule has 1 aromatic heterocycles. The summed E-state index contributed by atoms with van der Waals surface area (Å²) in [5.41, 5.74) is 3.05. The number of nitrogens with one attached hydrogen (secondary N) is 1. The van der Waals surface area contributed by atoms with E-state index in [0.717, 1.165) is 17.0 Å². The van der Waals surface area contributed by atoms with Gasteiger partial charge >= 0.3 is 5.97 Å². The van der Waals surface area contributed by atoms with Gasteiger partial charge in [0.25, 0.3) is 0 Å². The Labute approximate surface area is 112 Å². The van der Waals surface area contributed by atoms with Gasteiger partial charge in [-0.15, -0.1) is 0 Å². The monoisotopic (exact) mass is 256 g/mol. The van der Waals surface area contributed by atoms with Crippen molar-refractivity contribution in [3.8, 4) is 0 Å². The molecule has 2 N–H and O–H groups in total. The largest absolute Gasteiger partial charge is 0.478 e. The molecule has 2 aromatic rings. The van der Waals surface area contributed by atoms with Crippen LogP contribution in [0, 0.1) is 6.92 Å². The van der Waals surface area contributed by atoms with Gasteiger partial charge in [0.2, 0.25) is 0 Å². The third kappa shape index (κ3) is 3.63. The van der Waals surface area contributed by atoms with Crippen LogP contribution in [-0.2, 0) is 13.1 Å². The van der Waals surface area contributed by atoms with Crippen molar-refractivity contribution in [2.45, 2.75) is 20.0 Å². The second kappa shape index (κ2) is 6.11. The Morgan fingerprint density at radius 3 is 2.68 bits per heavy atom. The lowest BCUT2D eigenvalue weighted by Crippen LogP contribution is -2.16. The van der Waals surface area contributed by atoms with E-state index in [1.165, 1.54) is 0 Å². The Bertz CT molecular complexity index is 582. The van der Waals surface area contributed by atoms with Crippen LogP contribution in [-0.4, -0.2) is 16.1 Å². The molecule has 0 atom stereocenters. The van der Waals surface area contributed by atoms with E-state index >= 15 is 0 Å². The third-order valence-corrected chi connectivity index (χ3v) is 2.82. The smallest absolute Gasteiger partial charge is 0.336 e. The fourth-order valence-electron chi connectivity index (χ4n) is 1.91. The van der Waals surface area contributed by atoms with Crippen molar-refractivity contribution in [2.75, 3.05) is 0 Å². The number of hydrogen-bond acceptors (Lipinski definition) is 3. The number of carbonyl (C=O) groups is 1. The summed E-state index contributed by atoms with van der Waals surface area (Å²) in [5, 5.41) is 12.3. The van der Waals surface area contributed by atoms with Crippen LogP contribution in [0.4, 0.5) is 0 Å². The average Bonchev–Trinajstić information content (AvgIpc) is 2.39. The summed E-state index contributed by atoms with van der Waals surface area (Å²) in [6.45, 7) is 3.08. The van der Waals surface area contributed by atoms with Crippen LogP contribution in [0.3, 0.4) is 0 Å². The highest BCUT2D eigenvalue weighted by Gasteiger charge is 2.08. The number of aromatic nitrogens is 1. The van der Waals surface area contributed by atoms with E-state index in [9.17, 15) is 4.79 Å².